The number of benzene rings is 3. The molecule has 0 saturated heterocycles. The molecule has 152 valence electrons. The first kappa shape index (κ1) is 20.9. The lowest BCUT2D eigenvalue weighted by Crippen LogP contribution is -2.24. The highest BCUT2D eigenvalue weighted by atomic mass is 79.9. The molecule has 3 aromatic carbocycles. The minimum Gasteiger partial charge on any atom is -0.268 e. The lowest BCUT2D eigenvalue weighted by Gasteiger charge is -2.15. The molecule has 0 aliphatic rings. The molecule has 6 nitrogen and oxygen atoms in total. The van der Waals surface area contributed by atoms with E-state index in [1.807, 2.05) is 36.4 Å². The average Bonchev–Trinajstić information content (AvgIpc) is 2.69. The quantitative estimate of drug-likeness (QED) is 0.414. The van der Waals surface area contributed by atoms with Gasteiger partial charge in [-0.05, 0) is 57.9 Å². The summed E-state index contributed by atoms with van der Waals surface area (Å²) in [6.45, 7) is 0. The van der Waals surface area contributed by atoms with Crippen molar-refractivity contribution in [2.75, 3.05) is 0 Å². The molecule has 0 aliphatic carbocycles. The Morgan fingerprint density at radius 1 is 0.967 bits per heavy atom. The van der Waals surface area contributed by atoms with Gasteiger partial charge in [0.25, 0.3) is 5.56 Å². The third kappa shape index (κ3) is 4.11. The van der Waals surface area contributed by atoms with Crippen LogP contribution in [0.5, 0.6) is 0 Å². The molecule has 30 heavy (non-hydrogen) atoms. The zero-order chi connectivity index (χ0) is 21.5. The van der Waals surface area contributed by atoms with E-state index in [0.717, 1.165) is 10.0 Å². The van der Waals surface area contributed by atoms with Gasteiger partial charge in [0.05, 0.1) is 21.5 Å². The largest absolute Gasteiger partial charge is 0.268 e. The highest BCUT2D eigenvalue weighted by Gasteiger charge is 2.17. The van der Waals surface area contributed by atoms with Gasteiger partial charge in [0.2, 0.25) is 10.0 Å². The predicted molar refractivity (Wildman–Crippen MR) is 123 cm³/mol. The van der Waals surface area contributed by atoms with Crippen molar-refractivity contribution in [1.82, 2.24) is 9.55 Å². The maximum atomic E-state index is 13.5. The Kier molecular flexibility index (Phi) is 5.63. The summed E-state index contributed by atoms with van der Waals surface area (Å²) in [6, 6.07) is 19.1. The van der Waals surface area contributed by atoms with Crippen LogP contribution >= 0.6 is 31.9 Å². The minimum atomic E-state index is -3.83. The van der Waals surface area contributed by atoms with Gasteiger partial charge in [-0.3, -0.25) is 9.36 Å². The van der Waals surface area contributed by atoms with E-state index >= 15 is 0 Å². The Morgan fingerprint density at radius 2 is 1.63 bits per heavy atom. The molecule has 0 fully saturated rings. The van der Waals surface area contributed by atoms with Gasteiger partial charge in [-0.15, -0.1) is 0 Å². The van der Waals surface area contributed by atoms with Gasteiger partial charge in [0.1, 0.15) is 5.82 Å². The normalized spacial score (nSPS) is 11.7. The lowest BCUT2D eigenvalue weighted by molar-refractivity contribution is 0.598. The summed E-state index contributed by atoms with van der Waals surface area (Å²) in [5, 5.41) is 5.63. The number of primary sulfonamides is 1. The average molecular weight is 549 g/mol. The summed E-state index contributed by atoms with van der Waals surface area (Å²) in [5.41, 5.74) is 1.80. The molecule has 0 unspecified atom stereocenters. The number of hydrogen-bond donors (Lipinski definition) is 1. The molecule has 0 spiro atoms. The van der Waals surface area contributed by atoms with E-state index in [0.29, 0.717) is 33.3 Å². The van der Waals surface area contributed by atoms with Crippen molar-refractivity contribution in [3.63, 3.8) is 0 Å². The number of halogens is 2. The van der Waals surface area contributed by atoms with E-state index in [2.05, 4.69) is 31.9 Å². The summed E-state index contributed by atoms with van der Waals surface area (Å²) >= 11 is 6.91. The number of rotatable bonds is 4. The van der Waals surface area contributed by atoms with Crippen molar-refractivity contribution < 1.29 is 8.42 Å². The first-order valence-corrected chi connectivity index (χ1v) is 11.9. The van der Waals surface area contributed by atoms with Crippen LogP contribution in [0.1, 0.15) is 11.4 Å². The number of sulfonamides is 1. The monoisotopic (exact) mass is 547 g/mol. The molecular formula is C21H15Br2N3O3S. The molecule has 1 heterocycles. The van der Waals surface area contributed by atoms with Crippen LogP contribution in [0.25, 0.3) is 16.6 Å². The number of aromatic nitrogens is 2. The van der Waals surface area contributed by atoms with E-state index in [1.165, 1.54) is 16.7 Å². The Hall–Kier alpha value is -2.33. The molecule has 0 aliphatic heterocycles. The Balaban J connectivity index is 1.99. The summed E-state index contributed by atoms with van der Waals surface area (Å²) in [5.74, 6) is 0.532. The SMILES string of the molecule is NS(=O)(=O)c1ccc(-n2c(Cc3ccccc3)nc3c(Br)cc(Br)cc3c2=O)cc1. The van der Waals surface area contributed by atoms with Crippen LogP contribution in [-0.2, 0) is 16.4 Å². The number of nitrogens with zero attached hydrogens (tertiary/aromatic N) is 2. The van der Waals surface area contributed by atoms with Crippen molar-refractivity contribution in [3.8, 4) is 5.69 Å². The van der Waals surface area contributed by atoms with Crippen LogP contribution in [-0.4, -0.2) is 18.0 Å². The minimum absolute atomic E-state index is 0.0249. The number of fused-ring (bicyclic) bond motifs is 1. The van der Waals surface area contributed by atoms with E-state index in [4.69, 9.17) is 10.1 Å². The second-order valence-corrected chi connectivity index (χ2v) is 9.99. The van der Waals surface area contributed by atoms with Crippen molar-refractivity contribution in [2.24, 2.45) is 5.14 Å². The van der Waals surface area contributed by atoms with E-state index in [9.17, 15) is 13.2 Å². The van der Waals surface area contributed by atoms with Gasteiger partial charge < -0.3 is 0 Å². The highest BCUT2D eigenvalue weighted by Crippen LogP contribution is 2.27. The third-order valence-corrected chi connectivity index (χ3v) is 6.58. The van der Waals surface area contributed by atoms with Crippen LogP contribution in [0.4, 0.5) is 0 Å². The molecule has 4 aromatic rings. The maximum Gasteiger partial charge on any atom is 0.266 e. The van der Waals surface area contributed by atoms with Crippen molar-refractivity contribution in [2.45, 2.75) is 11.3 Å². The summed E-state index contributed by atoms with van der Waals surface area (Å²) in [4.78, 5) is 18.2. The zero-order valence-corrected chi connectivity index (χ0v) is 19.4. The summed E-state index contributed by atoms with van der Waals surface area (Å²) < 4.78 is 26.1. The highest BCUT2D eigenvalue weighted by molar-refractivity contribution is 9.11. The second-order valence-electron chi connectivity index (χ2n) is 6.65. The van der Waals surface area contributed by atoms with Crippen LogP contribution in [0.3, 0.4) is 0 Å². The maximum absolute atomic E-state index is 13.5. The van der Waals surface area contributed by atoms with Crippen LogP contribution in [0, 0.1) is 0 Å². The van der Waals surface area contributed by atoms with E-state index in [-0.39, 0.29) is 10.5 Å². The third-order valence-electron chi connectivity index (χ3n) is 4.59. The Labute approximate surface area is 189 Å². The van der Waals surface area contributed by atoms with Crippen LogP contribution in [0.2, 0.25) is 0 Å². The first-order valence-electron chi connectivity index (χ1n) is 8.82. The Bertz CT molecular complexity index is 1420. The van der Waals surface area contributed by atoms with Gasteiger partial charge in [-0.2, -0.15) is 0 Å². The fourth-order valence-corrected chi connectivity index (χ4v) is 5.04. The Morgan fingerprint density at radius 3 is 2.27 bits per heavy atom. The van der Waals surface area contributed by atoms with Crippen LogP contribution in [0.15, 0.2) is 85.4 Å². The molecule has 0 bridgehead atoms. The first-order chi connectivity index (χ1) is 14.2. The van der Waals surface area contributed by atoms with Crippen molar-refractivity contribution in [3.05, 3.63) is 97.4 Å². The molecular weight excluding hydrogens is 534 g/mol. The van der Waals surface area contributed by atoms with Crippen molar-refractivity contribution in [1.29, 1.82) is 0 Å². The fraction of sp³-hybridized carbons (Fsp3) is 0.0476. The topological polar surface area (TPSA) is 95.1 Å². The molecule has 2 N–H and O–H groups in total. The molecule has 0 radical (unpaired) electrons. The molecule has 0 atom stereocenters. The molecule has 1 aromatic heterocycles. The van der Waals surface area contributed by atoms with Gasteiger partial charge in [0.15, 0.2) is 0 Å². The molecule has 9 heteroatoms. The fourth-order valence-electron chi connectivity index (χ4n) is 3.21. The summed E-state index contributed by atoms with van der Waals surface area (Å²) in [6.07, 6.45) is 0.422. The lowest BCUT2D eigenvalue weighted by atomic mass is 10.1. The van der Waals surface area contributed by atoms with Gasteiger partial charge >= 0.3 is 0 Å². The van der Waals surface area contributed by atoms with E-state index in [1.54, 1.807) is 18.2 Å². The molecule has 0 saturated carbocycles. The molecule has 0 amide bonds. The predicted octanol–water partition coefficient (Wildman–Crippen LogP) is 4.15. The number of hydrogen-bond acceptors (Lipinski definition) is 4. The van der Waals surface area contributed by atoms with Gasteiger partial charge in [-0.25, -0.2) is 18.5 Å². The van der Waals surface area contributed by atoms with Crippen LogP contribution < -0.4 is 10.7 Å². The van der Waals surface area contributed by atoms with Crippen molar-refractivity contribution >= 4 is 52.8 Å². The second kappa shape index (κ2) is 8.07. The molecule has 4 rings (SSSR count). The zero-order valence-electron chi connectivity index (χ0n) is 15.4. The number of nitrogens with two attached hydrogens (primary N) is 1. The standard InChI is InChI=1S/C21H15Br2N3O3S/c22-14-11-17-20(18(23)12-14)25-19(10-13-4-2-1-3-5-13)26(21(17)27)15-6-8-16(9-7-15)30(24,28)29/h1-9,11-12H,10H2,(H2,24,28,29). The van der Waals surface area contributed by atoms with Gasteiger partial charge in [0, 0.05) is 15.4 Å². The smallest absolute Gasteiger partial charge is 0.266 e. The van der Waals surface area contributed by atoms with E-state index < -0.39 is 10.0 Å². The summed E-state index contributed by atoms with van der Waals surface area (Å²) in [7, 11) is -3.83. The van der Waals surface area contributed by atoms with Gasteiger partial charge in [-0.1, -0.05) is 46.3 Å².